The number of benzene rings is 3. The lowest BCUT2D eigenvalue weighted by molar-refractivity contribution is 0.102. The molecule has 3 aromatic carbocycles. The van der Waals surface area contributed by atoms with Gasteiger partial charge in [-0.3, -0.25) is 4.79 Å². The van der Waals surface area contributed by atoms with Gasteiger partial charge in [-0.1, -0.05) is 41.9 Å². The Hall–Kier alpha value is -3.25. The van der Waals surface area contributed by atoms with E-state index in [9.17, 15) is 18.4 Å². The number of rotatable bonds is 2. The lowest BCUT2D eigenvalue weighted by Gasteiger charge is -2.08. The SMILES string of the molecule is O=C(Nc1cc2c(ccc3ccccc32)oc1=O)c1cc(F)c(F)cc1Cl. The third-order valence-electron chi connectivity index (χ3n) is 4.14. The number of amides is 1. The zero-order chi connectivity index (χ0) is 19.1. The van der Waals surface area contributed by atoms with Gasteiger partial charge < -0.3 is 9.73 Å². The van der Waals surface area contributed by atoms with Gasteiger partial charge in [0.25, 0.3) is 5.91 Å². The van der Waals surface area contributed by atoms with Crippen molar-refractivity contribution in [3.05, 3.63) is 87.2 Å². The number of fused-ring (bicyclic) bond motifs is 3. The van der Waals surface area contributed by atoms with Crippen LogP contribution in [0.2, 0.25) is 5.02 Å². The molecule has 4 rings (SSSR count). The average molecular weight is 386 g/mol. The summed E-state index contributed by atoms with van der Waals surface area (Å²) in [5.41, 5.74) is -0.843. The first-order chi connectivity index (χ1) is 12.9. The van der Waals surface area contributed by atoms with Gasteiger partial charge in [-0.15, -0.1) is 0 Å². The Labute approximate surface area is 156 Å². The Kier molecular flexibility index (Phi) is 4.12. The van der Waals surface area contributed by atoms with Crippen LogP contribution in [-0.2, 0) is 0 Å². The van der Waals surface area contributed by atoms with E-state index in [0.717, 1.165) is 10.8 Å². The molecule has 0 spiro atoms. The zero-order valence-electron chi connectivity index (χ0n) is 13.6. The van der Waals surface area contributed by atoms with Crippen LogP contribution in [0, 0.1) is 11.6 Å². The molecule has 0 saturated carbocycles. The van der Waals surface area contributed by atoms with Crippen molar-refractivity contribution in [2.24, 2.45) is 0 Å². The van der Waals surface area contributed by atoms with E-state index in [-0.39, 0.29) is 16.3 Å². The molecule has 27 heavy (non-hydrogen) atoms. The maximum absolute atomic E-state index is 13.4. The van der Waals surface area contributed by atoms with Gasteiger partial charge in [-0.25, -0.2) is 13.6 Å². The van der Waals surface area contributed by atoms with Crippen molar-refractivity contribution in [1.82, 2.24) is 0 Å². The highest BCUT2D eigenvalue weighted by Gasteiger charge is 2.17. The topological polar surface area (TPSA) is 59.3 Å². The third-order valence-corrected chi connectivity index (χ3v) is 4.46. The van der Waals surface area contributed by atoms with E-state index in [2.05, 4.69) is 5.32 Å². The molecule has 0 unspecified atom stereocenters. The zero-order valence-corrected chi connectivity index (χ0v) is 14.3. The smallest absolute Gasteiger partial charge is 0.360 e. The van der Waals surface area contributed by atoms with Crippen LogP contribution in [-0.4, -0.2) is 5.91 Å². The van der Waals surface area contributed by atoms with E-state index in [1.807, 2.05) is 30.3 Å². The maximum atomic E-state index is 13.4. The second-order valence-corrected chi connectivity index (χ2v) is 6.25. The molecule has 4 aromatic rings. The lowest BCUT2D eigenvalue weighted by atomic mass is 10.1. The van der Waals surface area contributed by atoms with Gasteiger partial charge in [-0.05, 0) is 35.0 Å². The molecule has 0 fully saturated rings. The molecular weight excluding hydrogens is 376 g/mol. The highest BCUT2D eigenvalue weighted by Crippen LogP contribution is 2.27. The molecule has 0 aliphatic rings. The molecule has 134 valence electrons. The Bertz CT molecular complexity index is 1280. The van der Waals surface area contributed by atoms with E-state index in [0.29, 0.717) is 23.1 Å². The summed E-state index contributed by atoms with van der Waals surface area (Å²) in [5.74, 6) is -3.25. The van der Waals surface area contributed by atoms with Crippen molar-refractivity contribution < 1.29 is 18.0 Å². The number of carbonyl (C=O) groups is 1. The Morgan fingerprint density at radius 2 is 1.70 bits per heavy atom. The Morgan fingerprint density at radius 3 is 2.52 bits per heavy atom. The minimum absolute atomic E-state index is 0.135. The van der Waals surface area contributed by atoms with Gasteiger partial charge in [0.05, 0.1) is 10.6 Å². The summed E-state index contributed by atoms with van der Waals surface area (Å²) >= 11 is 5.81. The molecular formula is C20H10ClF2NO3. The van der Waals surface area contributed by atoms with E-state index in [4.69, 9.17) is 16.0 Å². The number of halogens is 3. The van der Waals surface area contributed by atoms with Gasteiger partial charge in [-0.2, -0.15) is 0 Å². The second kappa shape index (κ2) is 6.48. The van der Waals surface area contributed by atoms with Crippen LogP contribution in [0.3, 0.4) is 0 Å². The first-order valence-corrected chi connectivity index (χ1v) is 8.23. The summed E-state index contributed by atoms with van der Waals surface area (Å²) in [4.78, 5) is 24.6. The first-order valence-electron chi connectivity index (χ1n) is 7.85. The molecule has 0 aliphatic carbocycles. The van der Waals surface area contributed by atoms with Gasteiger partial charge in [0.1, 0.15) is 11.3 Å². The van der Waals surface area contributed by atoms with Crippen LogP contribution in [0.4, 0.5) is 14.5 Å². The fourth-order valence-electron chi connectivity index (χ4n) is 2.84. The Morgan fingerprint density at radius 1 is 0.963 bits per heavy atom. The number of anilines is 1. The molecule has 1 aromatic heterocycles. The molecule has 4 nitrogen and oxygen atoms in total. The van der Waals surface area contributed by atoms with Crippen molar-refractivity contribution in [2.45, 2.75) is 0 Å². The minimum atomic E-state index is -1.22. The van der Waals surface area contributed by atoms with Crippen molar-refractivity contribution in [2.75, 3.05) is 5.32 Å². The summed E-state index contributed by atoms with van der Waals surface area (Å²) in [7, 11) is 0. The predicted molar refractivity (Wildman–Crippen MR) is 99.3 cm³/mol. The highest BCUT2D eigenvalue weighted by atomic mass is 35.5. The Balaban J connectivity index is 1.81. The van der Waals surface area contributed by atoms with Crippen molar-refractivity contribution in [3.8, 4) is 0 Å². The van der Waals surface area contributed by atoms with Gasteiger partial charge in [0.2, 0.25) is 0 Å². The summed E-state index contributed by atoms with van der Waals surface area (Å²) in [6, 6.07) is 13.8. The van der Waals surface area contributed by atoms with Crippen LogP contribution in [0.15, 0.2) is 63.8 Å². The van der Waals surface area contributed by atoms with E-state index in [1.165, 1.54) is 6.07 Å². The molecule has 0 radical (unpaired) electrons. The fraction of sp³-hybridized carbons (Fsp3) is 0. The largest absolute Gasteiger partial charge is 0.421 e. The quantitative estimate of drug-likeness (QED) is 0.295. The molecule has 1 N–H and O–H groups in total. The number of hydrogen-bond acceptors (Lipinski definition) is 3. The molecule has 0 bridgehead atoms. The molecule has 0 saturated heterocycles. The van der Waals surface area contributed by atoms with Gasteiger partial charge >= 0.3 is 5.63 Å². The number of hydrogen-bond donors (Lipinski definition) is 1. The second-order valence-electron chi connectivity index (χ2n) is 5.85. The van der Waals surface area contributed by atoms with E-state index >= 15 is 0 Å². The normalized spacial score (nSPS) is 11.1. The maximum Gasteiger partial charge on any atom is 0.360 e. The standard InChI is InChI=1S/C20H10ClF2NO3/c21-14-9-16(23)15(22)7-13(14)19(25)24-17-8-12-11-4-2-1-3-10(11)5-6-18(12)27-20(17)26/h1-9H,(H,24,25). The van der Waals surface area contributed by atoms with Crippen molar-refractivity contribution >= 4 is 44.9 Å². The molecule has 7 heteroatoms. The summed E-state index contributed by atoms with van der Waals surface area (Å²) in [6.07, 6.45) is 0. The summed E-state index contributed by atoms with van der Waals surface area (Å²) < 4.78 is 31.9. The van der Waals surface area contributed by atoms with Crippen LogP contribution >= 0.6 is 11.6 Å². The van der Waals surface area contributed by atoms with Crippen LogP contribution in [0.25, 0.3) is 21.7 Å². The number of carbonyl (C=O) groups excluding carboxylic acids is 1. The average Bonchev–Trinajstić information content (AvgIpc) is 2.65. The number of nitrogens with one attached hydrogen (secondary N) is 1. The predicted octanol–water partition coefficient (Wildman–Crippen LogP) is 5.13. The summed E-state index contributed by atoms with van der Waals surface area (Å²) in [6.45, 7) is 0. The van der Waals surface area contributed by atoms with Crippen molar-refractivity contribution in [1.29, 1.82) is 0 Å². The molecule has 1 heterocycles. The van der Waals surface area contributed by atoms with Gasteiger partial charge in [0, 0.05) is 5.39 Å². The van der Waals surface area contributed by atoms with Crippen LogP contribution in [0.5, 0.6) is 0 Å². The van der Waals surface area contributed by atoms with Gasteiger partial charge in [0.15, 0.2) is 11.6 Å². The van der Waals surface area contributed by atoms with Crippen molar-refractivity contribution in [3.63, 3.8) is 0 Å². The molecule has 1 amide bonds. The van der Waals surface area contributed by atoms with Crippen LogP contribution in [0.1, 0.15) is 10.4 Å². The fourth-order valence-corrected chi connectivity index (χ4v) is 3.08. The third kappa shape index (κ3) is 3.04. The first kappa shape index (κ1) is 17.2. The van der Waals surface area contributed by atoms with E-state index < -0.39 is 23.2 Å². The summed E-state index contributed by atoms with van der Waals surface area (Å²) in [5, 5.41) is 4.46. The minimum Gasteiger partial charge on any atom is -0.421 e. The van der Waals surface area contributed by atoms with E-state index in [1.54, 1.807) is 6.07 Å². The van der Waals surface area contributed by atoms with Crippen LogP contribution < -0.4 is 10.9 Å². The highest BCUT2D eigenvalue weighted by molar-refractivity contribution is 6.34. The lowest BCUT2D eigenvalue weighted by Crippen LogP contribution is -2.18. The monoisotopic (exact) mass is 385 g/mol. The molecule has 0 aliphatic heterocycles. The molecule has 0 atom stereocenters.